The fourth-order valence-corrected chi connectivity index (χ4v) is 1.72. The third-order valence-electron chi connectivity index (χ3n) is 1.76. The summed E-state index contributed by atoms with van der Waals surface area (Å²) in [4.78, 5) is 25.8. The Kier molecular flexibility index (Phi) is 5.05. The summed E-state index contributed by atoms with van der Waals surface area (Å²) in [5.41, 5.74) is -0.112. The molecule has 1 amide bonds. The molecule has 17 heavy (non-hydrogen) atoms. The lowest BCUT2D eigenvalue weighted by Gasteiger charge is -2.07. The molecular weight excluding hydrogens is 244 g/mol. The molecule has 2 N–H and O–H groups in total. The first-order valence-corrected chi connectivity index (χ1v) is 5.97. The van der Waals surface area contributed by atoms with Gasteiger partial charge in [-0.05, 0) is 13.8 Å². The zero-order chi connectivity index (χ0) is 12.8. The molecule has 0 aromatic carbocycles. The van der Waals surface area contributed by atoms with Gasteiger partial charge in [0.15, 0.2) is 10.7 Å². The number of hydrogen-bond donors (Lipinski definition) is 2. The first-order valence-electron chi connectivity index (χ1n) is 5.09. The van der Waals surface area contributed by atoms with Gasteiger partial charge >= 0.3 is 5.97 Å². The van der Waals surface area contributed by atoms with Crippen LogP contribution in [0, 0.1) is 0 Å². The van der Waals surface area contributed by atoms with Gasteiger partial charge in [0.05, 0.1) is 12.7 Å². The largest absolute Gasteiger partial charge is 0.476 e. The number of nitrogens with zero attached hydrogens (tertiary/aromatic N) is 1. The van der Waals surface area contributed by atoms with Gasteiger partial charge in [0.25, 0.3) is 5.91 Å². The number of aromatic carboxylic acids is 1. The van der Waals surface area contributed by atoms with Gasteiger partial charge in [-0.15, -0.1) is 11.3 Å². The molecule has 0 radical (unpaired) electrons. The van der Waals surface area contributed by atoms with Gasteiger partial charge in [0, 0.05) is 11.9 Å². The number of carbonyl (C=O) groups excluding carboxylic acids is 1. The molecule has 94 valence electrons. The van der Waals surface area contributed by atoms with Gasteiger partial charge in [-0.3, -0.25) is 4.79 Å². The van der Waals surface area contributed by atoms with Crippen molar-refractivity contribution in [1.29, 1.82) is 0 Å². The topological polar surface area (TPSA) is 88.5 Å². The lowest BCUT2D eigenvalue weighted by atomic mass is 10.5. The molecule has 0 fully saturated rings. The molecule has 1 aromatic rings. The number of rotatable bonds is 6. The van der Waals surface area contributed by atoms with Crippen molar-refractivity contribution in [1.82, 2.24) is 10.3 Å². The monoisotopic (exact) mass is 258 g/mol. The van der Waals surface area contributed by atoms with Gasteiger partial charge in [0.1, 0.15) is 0 Å². The van der Waals surface area contributed by atoms with Crippen LogP contribution in [0.5, 0.6) is 0 Å². The zero-order valence-electron chi connectivity index (χ0n) is 9.60. The van der Waals surface area contributed by atoms with Crippen molar-refractivity contribution in [3.05, 3.63) is 16.1 Å². The van der Waals surface area contributed by atoms with E-state index in [9.17, 15) is 9.59 Å². The SMILES string of the molecule is CC(C)OCCNC(=O)c1nc(C(=O)O)cs1. The quantitative estimate of drug-likeness (QED) is 0.743. The molecule has 0 saturated carbocycles. The van der Waals surface area contributed by atoms with Crippen LogP contribution in [-0.4, -0.2) is 41.2 Å². The third kappa shape index (κ3) is 4.49. The van der Waals surface area contributed by atoms with Gasteiger partial charge in [-0.1, -0.05) is 0 Å². The van der Waals surface area contributed by atoms with Crippen molar-refractivity contribution >= 4 is 23.2 Å². The Bertz CT molecular complexity index is 403. The van der Waals surface area contributed by atoms with E-state index in [-0.39, 0.29) is 22.7 Å². The van der Waals surface area contributed by atoms with E-state index in [2.05, 4.69) is 10.3 Å². The summed E-state index contributed by atoms with van der Waals surface area (Å²) >= 11 is 1.01. The molecule has 0 aliphatic carbocycles. The highest BCUT2D eigenvalue weighted by molar-refractivity contribution is 7.11. The molecule has 6 nitrogen and oxygen atoms in total. The van der Waals surface area contributed by atoms with Gasteiger partial charge in [0.2, 0.25) is 0 Å². The minimum absolute atomic E-state index is 0.112. The van der Waals surface area contributed by atoms with Gasteiger partial charge < -0.3 is 15.2 Å². The number of hydrogen-bond acceptors (Lipinski definition) is 5. The van der Waals surface area contributed by atoms with Crippen molar-refractivity contribution in [2.45, 2.75) is 20.0 Å². The third-order valence-corrected chi connectivity index (χ3v) is 2.60. The van der Waals surface area contributed by atoms with Crippen LogP contribution < -0.4 is 5.32 Å². The Balaban J connectivity index is 2.39. The van der Waals surface area contributed by atoms with Crippen LogP contribution in [0.4, 0.5) is 0 Å². The maximum atomic E-state index is 11.5. The molecule has 0 aliphatic heterocycles. The minimum atomic E-state index is -1.14. The van der Waals surface area contributed by atoms with E-state index in [4.69, 9.17) is 9.84 Å². The molecule has 1 aromatic heterocycles. The summed E-state index contributed by atoms with van der Waals surface area (Å²) in [6.07, 6.45) is 0.116. The van der Waals surface area contributed by atoms with Crippen LogP contribution >= 0.6 is 11.3 Å². The molecule has 0 unspecified atom stereocenters. The Labute approximate surface area is 103 Å². The molecule has 0 atom stereocenters. The van der Waals surface area contributed by atoms with Crippen LogP contribution in [0.3, 0.4) is 0 Å². The zero-order valence-corrected chi connectivity index (χ0v) is 10.4. The summed E-state index contributed by atoms with van der Waals surface area (Å²) in [6, 6.07) is 0. The van der Waals surface area contributed by atoms with Gasteiger partial charge in [-0.25, -0.2) is 9.78 Å². The average molecular weight is 258 g/mol. The van der Waals surface area contributed by atoms with E-state index in [0.29, 0.717) is 13.2 Å². The number of thiazole rings is 1. The summed E-state index contributed by atoms with van der Waals surface area (Å²) in [6.45, 7) is 4.60. The maximum Gasteiger partial charge on any atom is 0.355 e. The van der Waals surface area contributed by atoms with E-state index in [1.54, 1.807) is 0 Å². The van der Waals surface area contributed by atoms with Gasteiger partial charge in [-0.2, -0.15) is 0 Å². The molecule has 0 saturated heterocycles. The first-order chi connectivity index (χ1) is 8.00. The molecule has 1 rings (SSSR count). The Morgan fingerprint density at radius 1 is 1.59 bits per heavy atom. The van der Waals surface area contributed by atoms with E-state index in [0.717, 1.165) is 11.3 Å². The highest BCUT2D eigenvalue weighted by Gasteiger charge is 2.13. The lowest BCUT2D eigenvalue weighted by Crippen LogP contribution is -2.28. The predicted octanol–water partition coefficient (Wildman–Crippen LogP) is 0.996. The summed E-state index contributed by atoms with van der Waals surface area (Å²) in [5.74, 6) is -1.52. The van der Waals surface area contributed by atoms with E-state index < -0.39 is 5.97 Å². The van der Waals surface area contributed by atoms with Crippen molar-refractivity contribution < 1.29 is 19.4 Å². The van der Waals surface area contributed by atoms with Crippen LogP contribution in [0.2, 0.25) is 0 Å². The highest BCUT2D eigenvalue weighted by Crippen LogP contribution is 2.09. The van der Waals surface area contributed by atoms with E-state index in [1.165, 1.54) is 5.38 Å². The molecule has 0 bridgehead atoms. The predicted molar refractivity (Wildman–Crippen MR) is 62.5 cm³/mol. The number of amides is 1. The number of nitrogens with one attached hydrogen (secondary N) is 1. The van der Waals surface area contributed by atoms with Crippen molar-refractivity contribution in [2.75, 3.05) is 13.2 Å². The first kappa shape index (κ1) is 13.6. The molecular formula is C10H14N2O4S. The Morgan fingerprint density at radius 3 is 2.82 bits per heavy atom. The van der Waals surface area contributed by atoms with Crippen molar-refractivity contribution in [2.24, 2.45) is 0 Å². The molecule has 0 spiro atoms. The van der Waals surface area contributed by atoms with E-state index >= 15 is 0 Å². The highest BCUT2D eigenvalue weighted by atomic mass is 32.1. The average Bonchev–Trinajstić information content (AvgIpc) is 2.73. The number of aromatic nitrogens is 1. The van der Waals surface area contributed by atoms with Crippen LogP contribution in [0.25, 0.3) is 0 Å². The summed E-state index contributed by atoms with van der Waals surface area (Å²) < 4.78 is 5.25. The number of carboxylic acid groups (broad SMARTS) is 1. The Morgan fingerprint density at radius 2 is 2.29 bits per heavy atom. The van der Waals surface area contributed by atoms with Crippen LogP contribution in [-0.2, 0) is 4.74 Å². The summed E-state index contributed by atoms with van der Waals surface area (Å²) in [5, 5.41) is 12.7. The maximum absolute atomic E-state index is 11.5. The number of carboxylic acids is 1. The molecule has 7 heteroatoms. The Hall–Kier alpha value is -1.47. The summed E-state index contributed by atoms with van der Waals surface area (Å²) in [7, 11) is 0. The minimum Gasteiger partial charge on any atom is -0.476 e. The molecule has 1 heterocycles. The van der Waals surface area contributed by atoms with Crippen LogP contribution in [0.1, 0.15) is 34.1 Å². The van der Waals surface area contributed by atoms with Crippen LogP contribution in [0.15, 0.2) is 5.38 Å². The fourth-order valence-electron chi connectivity index (χ4n) is 1.01. The smallest absolute Gasteiger partial charge is 0.355 e. The second-order valence-corrected chi connectivity index (χ2v) is 4.38. The van der Waals surface area contributed by atoms with Crippen molar-refractivity contribution in [3.63, 3.8) is 0 Å². The second-order valence-electron chi connectivity index (χ2n) is 3.52. The fraction of sp³-hybridized carbons (Fsp3) is 0.500. The number of carbonyl (C=O) groups is 2. The van der Waals surface area contributed by atoms with E-state index in [1.807, 2.05) is 13.8 Å². The second kappa shape index (κ2) is 6.31. The standard InChI is InChI=1S/C10H14N2O4S/c1-6(2)16-4-3-11-8(13)9-12-7(5-17-9)10(14)15/h5-6H,3-4H2,1-2H3,(H,11,13)(H,14,15). The normalized spacial score (nSPS) is 10.5. The van der Waals surface area contributed by atoms with Crippen molar-refractivity contribution in [3.8, 4) is 0 Å². The molecule has 0 aliphatic rings. The number of ether oxygens (including phenoxy) is 1. The lowest BCUT2D eigenvalue weighted by molar-refractivity contribution is 0.0690.